The van der Waals surface area contributed by atoms with Crippen LogP contribution < -0.4 is 0 Å². The Hall–Kier alpha value is -1.73. The lowest BCUT2D eigenvalue weighted by molar-refractivity contribution is -0.150. The lowest BCUT2D eigenvalue weighted by Crippen LogP contribution is -2.54. The molecule has 0 aromatic heterocycles. The van der Waals surface area contributed by atoms with Crippen LogP contribution in [0.5, 0.6) is 0 Å². The summed E-state index contributed by atoms with van der Waals surface area (Å²) >= 11 is 6.96. The molecule has 1 aliphatic carbocycles. The molecule has 3 amide bonds. The zero-order valence-corrected chi connectivity index (χ0v) is 18.1. The van der Waals surface area contributed by atoms with Crippen molar-refractivity contribution in [3.05, 3.63) is 35.4 Å². The molecule has 0 N–H and O–H groups in total. The summed E-state index contributed by atoms with van der Waals surface area (Å²) in [6.45, 7) is 0.431. The topological polar surface area (TPSA) is 57.7 Å². The summed E-state index contributed by atoms with van der Waals surface area (Å²) in [5.74, 6) is 0.353. The SMILES string of the molecule is O=C1CCC(N2Cc3ccccc3C2=O)C(=O)N1CSC(=S)CC1CCCCC1. The van der Waals surface area contributed by atoms with Crippen LogP contribution in [0, 0.1) is 5.92 Å². The van der Waals surface area contributed by atoms with E-state index in [4.69, 9.17) is 12.2 Å². The third-order valence-corrected chi connectivity index (χ3v) is 7.64. The normalized spacial score (nSPS) is 22.9. The lowest BCUT2D eigenvalue weighted by atomic mass is 9.87. The van der Waals surface area contributed by atoms with Gasteiger partial charge in [0.2, 0.25) is 5.91 Å². The number of carbonyl (C=O) groups is 3. The van der Waals surface area contributed by atoms with Gasteiger partial charge in [-0.1, -0.05) is 74.3 Å². The van der Waals surface area contributed by atoms with Crippen LogP contribution >= 0.6 is 24.0 Å². The molecule has 1 aromatic rings. The van der Waals surface area contributed by atoms with E-state index in [1.54, 1.807) is 11.0 Å². The van der Waals surface area contributed by atoms with Crippen molar-refractivity contribution in [3.8, 4) is 0 Å². The second-order valence-corrected chi connectivity index (χ2v) is 9.95. The third kappa shape index (κ3) is 4.40. The first kappa shape index (κ1) is 20.5. The van der Waals surface area contributed by atoms with Gasteiger partial charge in [0, 0.05) is 22.7 Å². The molecule has 0 bridgehead atoms. The van der Waals surface area contributed by atoms with Gasteiger partial charge in [-0.05, 0) is 30.4 Å². The average Bonchev–Trinajstić information content (AvgIpc) is 3.05. The van der Waals surface area contributed by atoms with Crippen molar-refractivity contribution in [2.24, 2.45) is 5.92 Å². The molecule has 1 atom stereocenters. The highest BCUT2D eigenvalue weighted by Gasteiger charge is 2.42. The quantitative estimate of drug-likeness (QED) is 0.519. The van der Waals surface area contributed by atoms with Crippen molar-refractivity contribution in [2.75, 3.05) is 5.88 Å². The van der Waals surface area contributed by atoms with E-state index in [0.29, 0.717) is 24.4 Å². The second kappa shape index (κ2) is 8.96. The first-order valence-corrected chi connectivity index (χ1v) is 11.8. The lowest BCUT2D eigenvalue weighted by Gasteiger charge is -2.35. The maximum absolute atomic E-state index is 13.1. The fourth-order valence-electron chi connectivity index (χ4n) is 4.60. The number of benzene rings is 1. The molecule has 0 radical (unpaired) electrons. The van der Waals surface area contributed by atoms with E-state index >= 15 is 0 Å². The molecule has 5 nitrogen and oxygen atoms in total. The number of carbonyl (C=O) groups excluding carboxylic acids is 3. The van der Waals surface area contributed by atoms with Crippen LogP contribution in [0.25, 0.3) is 0 Å². The summed E-state index contributed by atoms with van der Waals surface area (Å²) in [5.41, 5.74) is 1.60. The highest BCUT2D eigenvalue weighted by atomic mass is 32.2. The van der Waals surface area contributed by atoms with Gasteiger partial charge in [-0.15, -0.1) is 0 Å². The van der Waals surface area contributed by atoms with Gasteiger partial charge in [0.25, 0.3) is 11.8 Å². The first-order chi connectivity index (χ1) is 14.0. The van der Waals surface area contributed by atoms with E-state index < -0.39 is 6.04 Å². The maximum atomic E-state index is 13.1. The van der Waals surface area contributed by atoms with E-state index in [2.05, 4.69) is 0 Å². The number of likely N-dealkylation sites (tertiary alicyclic amines) is 1. The fraction of sp³-hybridized carbons (Fsp3) is 0.545. The summed E-state index contributed by atoms with van der Waals surface area (Å²) in [6.07, 6.45) is 7.87. The molecule has 1 unspecified atom stereocenters. The molecule has 0 spiro atoms. The van der Waals surface area contributed by atoms with E-state index in [1.165, 1.54) is 48.8 Å². The van der Waals surface area contributed by atoms with Crippen LogP contribution in [-0.4, -0.2) is 43.6 Å². The smallest absolute Gasteiger partial charge is 0.255 e. The van der Waals surface area contributed by atoms with Crippen molar-refractivity contribution < 1.29 is 14.4 Å². The molecule has 2 fully saturated rings. The number of hydrogen-bond donors (Lipinski definition) is 0. The standard InChI is InChI=1S/C22H26N2O3S2/c25-19-11-10-18(23-13-16-8-4-5-9-17(16)21(23)26)22(27)24(19)14-29-20(28)12-15-6-2-1-3-7-15/h4-5,8-9,15,18H,1-3,6-7,10-14H2. The summed E-state index contributed by atoms with van der Waals surface area (Å²) in [7, 11) is 0. The summed E-state index contributed by atoms with van der Waals surface area (Å²) in [4.78, 5) is 41.2. The Labute approximate surface area is 181 Å². The number of thioether (sulfide) groups is 1. The van der Waals surface area contributed by atoms with Gasteiger partial charge in [-0.25, -0.2) is 0 Å². The van der Waals surface area contributed by atoms with Crippen molar-refractivity contribution in [1.29, 1.82) is 0 Å². The Morgan fingerprint density at radius 3 is 2.59 bits per heavy atom. The summed E-state index contributed by atoms with van der Waals surface area (Å²) in [6, 6.07) is 6.89. The van der Waals surface area contributed by atoms with Crippen LogP contribution in [0.2, 0.25) is 0 Å². The molecule has 1 saturated carbocycles. The summed E-state index contributed by atoms with van der Waals surface area (Å²) < 4.78 is 0.879. The average molecular weight is 431 g/mol. The Balaban J connectivity index is 1.37. The first-order valence-electron chi connectivity index (χ1n) is 10.4. The number of rotatable bonds is 5. The molecule has 7 heteroatoms. The van der Waals surface area contributed by atoms with E-state index in [0.717, 1.165) is 16.2 Å². The van der Waals surface area contributed by atoms with Crippen molar-refractivity contribution >= 4 is 45.9 Å². The Morgan fingerprint density at radius 1 is 1.07 bits per heavy atom. The molecule has 1 aromatic carbocycles. The Bertz CT molecular complexity index is 835. The van der Waals surface area contributed by atoms with Gasteiger partial charge >= 0.3 is 0 Å². The zero-order chi connectivity index (χ0) is 20.4. The molecular weight excluding hydrogens is 404 g/mol. The van der Waals surface area contributed by atoms with Crippen LogP contribution in [0.4, 0.5) is 0 Å². The largest absolute Gasteiger partial charge is 0.322 e. The van der Waals surface area contributed by atoms with E-state index in [9.17, 15) is 14.4 Å². The monoisotopic (exact) mass is 430 g/mol. The van der Waals surface area contributed by atoms with Crippen LogP contribution in [0.15, 0.2) is 24.3 Å². The van der Waals surface area contributed by atoms with Crippen LogP contribution in [0.1, 0.15) is 67.3 Å². The summed E-state index contributed by atoms with van der Waals surface area (Å²) in [5, 5.41) is 0. The van der Waals surface area contributed by atoms with E-state index in [-0.39, 0.29) is 30.0 Å². The molecule has 29 heavy (non-hydrogen) atoms. The fourth-order valence-corrected chi connectivity index (χ4v) is 5.89. The number of fused-ring (bicyclic) bond motifs is 1. The number of nitrogens with zero attached hydrogens (tertiary/aromatic N) is 2. The second-order valence-electron chi connectivity index (χ2n) is 8.16. The van der Waals surface area contributed by atoms with Crippen LogP contribution in [-0.2, 0) is 16.1 Å². The van der Waals surface area contributed by atoms with Gasteiger partial charge < -0.3 is 4.90 Å². The Morgan fingerprint density at radius 2 is 1.83 bits per heavy atom. The number of amides is 3. The zero-order valence-electron chi connectivity index (χ0n) is 16.5. The number of thiocarbonyl (C=S) groups is 1. The molecule has 2 heterocycles. The van der Waals surface area contributed by atoms with Gasteiger partial charge in [0.15, 0.2) is 0 Å². The van der Waals surface area contributed by atoms with Crippen molar-refractivity contribution in [3.63, 3.8) is 0 Å². The van der Waals surface area contributed by atoms with E-state index in [1.807, 2.05) is 18.2 Å². The van der Waals surface area contributed by atoms with Crippen LogP contribution in [0.3, 0.4) is 0 Å². The molecular formula is C22H26N2O3S2. The van der Waals surface area contributed by atoms with Gasteiger partial charge in [-0.3, -0.25) is 19.3 Å². The molecule has 3 aliphatic rings. The highest BCUT2D eigenvalue weighted by Crippen LogP contribution is 2.31. The predicted octanol–water partition coefficient (Wildman–Crippen LogP) is 4.15. The number of imide groups is 1. The highest BCUT2D eigenvalue weighted by molar-refractivity contribution is 8.23. The number of piperidine rings is 1. The molecule has 4 rings (SSSR count). The third-order valence-electron chi connectivity index (χ3n) is 6.24. The molecule has 154 valence electrons. The van der Waals surface area contributed by atoms with Crippen molar-refractivity contribution in [2.45, 2.75) is 64.0 Å². The number of hydrogen-bond acceptors (Lipinski definition) is 5. The van der Waals surface area contributed by atoms with Gasteiger partial charge in [0.05, 0.1) is 5.88 Å². The maximum Gasteiger partial charge on any atom is 0.255 e. The van der Waals surface area contributed by atoms with Gasteiger partial charge in [0.1, 0.15) is 6.04 Å². The minimum Gasteiger partial charge on any atom is -0.322 e. The minimum atomic E-state index is -0.569. The molecule has 2 aliphatic heterocycles. The van der Waals surface area contributed by atoms with Crippen molar-refractivity contribution in [1.82, 2.24) is 9.80 Å². The van der Waals surface area contributed by atoms with Gasteiger partial charge in [-0.2, -0.15) is 0 Å². The molecule has 1 saturated heterocycles. The predicted molar refractivity (Wildman–Crippen MR) is 117 cm³/mol. The minimum absolute atomic E-state index is 0.117. The Kier molecular flexibility index (Phi) is 6.35.